The lowest BCUT2D eigenvalue weighted by molar-refractivity contribution is 0.615. The van der Waals surface area contributed by atoms with Gasteiger partial charge in [0.25, 0.3) is 0 Å². The van der Waals surface area contributed by atoms with Gasteiger partial charge in [0.15, 0.2) is 0 Å². The number of nitrogens with zero attached hydrogens (tertiary/aromatic N) is 2. The summed E-state index contributed by atoms with van der Waals surface area (Å²) in [6.45, 7) is 2.99. The summed E-state index contributed by atoms with van der Waals surface area (Å²) in [5, 5.41) is 0.556. The lowest BCUT2D eigenvalue weighted by atomic mass is 10.3. The highest BCUT2D eigenvalue weighted by atomic mass is 79.9. The van der Waals surface area contributed by atoms with Gasteiger partial charge in [0.2, 0.25) is 0 Å². The number of aryl methyl sites for hydroxylation is 1. The van der Waals surface area contributed by atoms with E-state index >= 15 is 0 Å². The maximum atomic E-state index is 13.7. The minimum absolute atomic E-state index is 0.271. The van der Waals surface area contributed by atoms with Crippen LogP contribution < -0.4 is 0 Å². The molecule has 0 spiro atoms. The number of hydrogen-bond acceptors (Lipinski definition) is 2. The molecule has 6 heteroatoms. The highest BCUT2D eigenvalue weighted by Crippen LogP contribution is 2.25. The Bertz CT molecular complexity index is 588. The van der Waals surface area contributed by atoms with Gasteiger partial charge in [0, 0.05) is 17.9 Å². The number of halogens is 3. The van der Waals surface area contributed by atoms with Crippen LogP contribution in [0.25, 0.3) is 11.0 Å². The molecule has 104 valence electrons. The summed E-state index contributed by atoms with van der Waals surface area (Å²) in [6.07, 6.45) is 3.10. The third-order valence-electron chi connectivity index (χ3n) is 3.15. The molecular weight excluding hydrogens is 351 g/mol. The van der Waals surface area contributed by atoms with Crippen molar-refractivity contribution in [3.8, 4) is 0 Å². The zero-order valence-corrected chi connectivity index (χ0v) is 13.9. The van der Waals surface area contributed by atoms with E-state index in [0.29, 0.717) is 15.6 Å². The first kappa shape index (κ1) is 15.1. The average molecular weight is 366 g/mol. The quantitative estimate of drug-likeness (QED) is 0.707. The highest BCUT2D eigenvalue weighted by molar-refractivity contribution is 9.10. The first-order valence-corrected chi connectivity index (χ1v) is 8.61. The van der Waals surface area contributed by atoms with E-state index in [1.807, 2.05) is 16.3 Å². The van der Waals surface area contributed by atoms with Gasteiger partial charge < -0.3 is 4.57 Å². The third-order valence-corrected chi connectivity index (χ3v) is 5.04. The maximum absolute atomic E-state index is 13.7. The molecule has 0 fully saturated rings. The molecule has 0 aliphatic heterocycles. The van der Waals surface area contributed by atoms with E-state index in [4.69, 9.17) is 11.6 Å². The van der Waals surface area contributed by atoms with Gasteiger partial charge >= 0.3 is 0 Å². The Labute approximate surface area is 129 Å². The van der Waals surface area contributed by atoms with Crippen LogP contribution in [0.5, 0.6) is 0 Å². The van der Waals surface area contributed by atoms with Gasteiger partial charge in [-0.2, -0.15) is 11.8 Å². The SMILES string of the molecule is CSC(C)CCn1c(CCl)nc2cc(Br)c(F)cc21. The van der Waals surface area contributed by atoms with Crippen LogP contribution in [-0.2, 0) is 12.4 Å². The number of alkyl halides is 1. The van der Waals surface area contributed by atoms with Crippen molar-refractivity contribution in [1.29, 1.82) is 0 Å². The van der Waals surface area contributed by atoms with Crippen molar-refractivity contribution < 1.29 is 4.39 Å². The molecule has 2 aromatic rings. The molecule has 1 atom stereocenters. The fourth-order valence-electron chi connectivity index (χ4n) is 1.95. The molecule has 0 saturated carbocycles. The smallest absolute Gasteiger partial charge is 0.139 e. The Morgan fingerprint density at radius 1 is 1.53 bits per heavy atom. The molecule has 0 radical (unpaired) electrons. The van der Waals surface area contributed by atoms with Crippen LogP contribution in [0.2, 0.25) is 0 Å². The predicted octanol–water partition coefficient (Wildman–Crippen LogP) is 4.82. The molecule has 2 rings (SSSR count). The second-order valence-electron chi connectivity index (χ2n) is 4.40. The standard InChI is InChI=1S/C13H15BrClFN2S/c1-8(19-2)3-4-18-12-6-10(16)9(14)5-11(12)17-13(18)7-15/h5-6,8H,3-4,7H2,1-2H3. The number of rotatable bonds is 5. The van der Waals surface area contributed by atoms with Gasteiger partial charge in [-0.15, -0.1) is 11.6 Å². The zero-order chi connectivity index (χ0) is 14.0. The van der Waals surface area contributed by atoms with Crippen LogP contribution >= 0.6 is 39.3 Å². The second kappa shape index (κ2) is 6.46. The molecule has 0 aliphatic rings. The molecule has 0 saturated heterocycles. The van der Waals surface area contributed by atoms with Crippen molar-refractivity contribution in [2.45, 2.75) is 31.0 Å². The molecule has 0 amide bonds. The van der Waals surface area contributed by atoms with Crippen LogP contribution in [0.15, 0.2) is 16.6 Å². The Kier molecular flexibility index (Phi) is 5.15. The van der Waals surface area contributed by atoms with Gasteiger partial charge in [-0.3, -0.25) is 0 Å². The number of thioether (sulfide) groups is 1. The normalized spacial score (nSPS) is 13.1. The number of benzene rings is 1. The monoisotopic (exact) mass is 364 g/mol. The maximum Gasteiger partial charge on any atom is 0.139 e. The topological polar surface area (TPSA) is 17.8 Å². The molecule has 1 heterocycles. The third kappa shape index (κ3) is 3.26. The fraction of sp³-hybridized carbons (Fsp3) is 0.462. The zero-order valence-electron chi connectivity index (χ0n) is 10.8. The lowest BCUT2D eigenvalue weighted by Gasteiger charge is -2.11. The summed E-state index contributed by atoms with van der Waals surface area (Å²) < 4.78 is 16.1. The minimum atomic E-state index is -0.271. The van der Waals surface area contributed by atoms with Crippen molar-refractivity contribution in [2.24, 2.45) is 0 Å². The molecule has 19 heavy (non-hydrogen) atoms. The van der Waals surface area contributed by atoms with E-state index in [9.17, 15) is 4.39 Å². The van der Waals surface area contributed by atoms with E-state index in [1.54, 1.807) is 6.07 Å². The van der Waals surface area contributed by atoms with Crippen LogP contribution in [0.4, 0.5) is 4.39 Å². The number of aromatic nitrogens is 2. The molecule has 1 unspecified atom stereocenters. The molecule has 1 aromatic heterocycles. The average Bonchev–Trinajstić information content (AvgIpc) is 2.73. The predicted molar refractivity (Wildman–Crippen MR) is 84.5 cm³/mol. The summed E-state index contributed by atoms with van der Waals surface area (Å²) in [5.74, 6) is 0.858. The van der Waals surface area contributed by atoms with Gasteiger partial charge in [-0.05, 0) is 34.7 Å². The van der Waals surface area contributed by atoms with Crippen molar-refractivity contribution >= 4 is 50.3 Å². The molecule has 0 bridgehead atoms. The van der Waals surface area contributed by atoms with E-state index in [2.05, 4.69) is 34.1 Å². The number of hydrogen-bond donors (Lipinski definition) is 0. The van der Waals surface area contributed by atoms with Gasteiger partial charge in [-0.1, -0.05) is 6.92 Å². The summed E-state index contributed by atoms with van der Waals surface area (Å²) in [4.78, 5) is 4.46. The first-order valence-electron chi connectivity index (χ1n) is 5.99. The van der Waals surface area contributed by atoms with E-state index in [0.717, 1.165) is 29.8 Å². The largest absolute Gasteiger partial charge is 0.327 e. The minimum Gasteiger partial charge on any atom is -0.327 e. The molecular formula is C13H15BrClFN2S. The summed E-state index contributed by atoms with van der Waals surface area (Å²) in [7, 11) is 0. The van der Waals surface area contributed by atoms with Crippen LogP contribution in [0.1, 0.15) is 19.2 Å². The Morgan fingerprint density at radius 3 is 2.89 bits per heavy atom. The molecule has 0 N–H and O–H groups in total. The fourth-order valence-corrected chi connectivity index (χ4v) is 2.83. The van der Waals surface area contributed by atoms with Gasteiger partial charge in [0.1, 0.15) is 11.6 Å². The molecule has 2 nitrogen and oxygen atoms in total. The van der Waals surface area contributed by atoms with Gasteiger partial charge in [0.05, 0.1) is 21.4 Å². The van der Waals surface area contributed by atoms with E-state index in [1.165, 1.54) is 6.07 Å². The Balaban J connectivity index is 2.42. The van der Waals surface area contributed by atoms with Crippen molar-refractivity contribution in [2.75, 3.05) is 6.26 Å². The number of imidazole rings is 1. The first-order chi connectivity index (χ1) is 9.06. The molecule has 1 aromatic carbocycles. The molecule has 0 aliphatic carbocycles. The summed E-state index contributed by atoms with van der Waals surface area (Å²) in [5.41, 5.74) is 1.59. The Hall–Kier alpha value is -0.260. The summed E-state index contributed by atoms with van der Waals surface area (Å²) in [6, 6.07) is 3.22. The van der Waals surface area contributed by atoms with Crippen molar-refractivity contribution in [3.63, 3.8) is 0 Å². The van der Waals surface area contributed by atoms with Crippen molar-refractivity contribution in [1.82, 2.24) is 9.55 Å². The summed E-state index contributed by atoms with van der Waals surface area (Å²) >= 11 is 10.9. The van der Waals surface area contributed by atoms with Crippen molar-refractivity contribution in [3.05, 3.63) is 28.2 Å². The number of fused-ring (bicyclic) bond motifs is 1. The Morgan fingerprint density at radius 2 is 2.26 bits per heavy atom. The lowest BCUT2D eigenvalue weighted by Crippen LogP contribution is -2.07. The van der Waals surface area contributed by atoms with E-state index in [-0.39, 0.29) is 5.82 Å². The van der Waals surface area contributed by atoms with Crippen LogP contribution in [0.3, 0.4) is 0 Å². The van der Waals surface area contributed by atoms with Gasteiger partial charge in [-0.25, -0.2) is 9.37 Å². The highest BCUT2D eigenvalue weighted by Gasteiger charge is 2.13. The van der Waals surface area contributed by atoms with E-state index < -0.39 is 0 Å². The van der Waals surface area contributed by atoms with Crippen LogP contribution in [-0.4, -0.2) is 21.1 Å². The second-order valence-corrected chi connectivity index (χ2v) is 6.80. The van der Waals surface area contributed by atoms with Crippen LogP contribution in [0, 0.1) is 5.82 Å².